The lowest BCUT2D eigenvalue weighted by atomic mass is 9.99. The first kappa shape index (κ1) is 25.3. The Morgan fingerprint density at radius 1 is 1.16 bits per heavy atom. The van der Waals surface area contributed by atoms with E-state index < -0.39 is 17.8 Å². The molecule has 3 aromatic carbocycles. The van der Waals surface area contributed by atoms with E-state index in [0.29, 0.717) is 41.6 Å². The molecule has 0 spiro atoms. The number of halogens is 1. The SMILES string of the molecule is Cc1cc(C(=O)Nc2cc(C(OCC3CC3)c3cccc(C#N)c3)ccc2F)n(-c2cccc(CN)c2)n1. The van der Waals surface area contributed by atoms with Gasteiger partial charge in [0.05, 0.1) is 35.3 Å². The zero-order chi connectivity index (χ0) is 26.6. The molecule has 1 aromatic heterocycles. The first-order valence-electron chi connectivity index (χ1n) is 12.5. The molecular formula is C30H28FN5O2. The number of carbonyl (C=O) groups excluding carboxylic acids is 1. The van der Waals surface area contributed by atoms with Crippen LogP contribution in [-0.2, 0) is 11.3 Å². The van der Waals surface area contributed by atoms with E-state index >= 15 is 0 Å². The number of nitriles is 1. The summed E-state index contributed by atoms with van der Waals surface area (Å²) in [5.74, 6) is -0.555. The predicted molar refractivity (Wildman–Crippen MR) is 142 cm³/mol. The van der Waals surface area contributed by atoms with E-state index in [4.69, 9.17) is 10.5 Å². The molecule has 1 aliphatic rings. The highest BCUT2D eigenvalue weighted by molar-refractivity contribution is 6.03. The number of hydrogen-bond acceptors (Lipinski definition) is 5. The maximum atomic E-state index is 14.9. The number of nitrogens with two attached hydrogens (primary N) is 1. The van der Waals surface area contributed by atoms with Gasteiger partial charge in [-0.15, -0.1) is 0 Å². The zero-order valence-electron chi connectivity index (χ0n) is 21.0. The standard InChI is InChI=1S/C30H28FN5O2/c1-19-12-28(36(35-19)25-7-3-5-22(14-25)17-33)30(37)34-27-15-24(10-11-26(27)31)29(38-18-20-8-9-20)23-6-2-4-21(13-23)16-32/h2-7,10-15,20,29H,8-9,17-18,33H2,1H3,(H,34,37). The number of anilines is 1. The van der Waals surface area contributed by atoms with Gasteiger partial charge in [-0.1, -0.05) is 30.3 Å². The Morgan fingerprint density at radius 3 is 2.71 bits per heavy atom. The number of nitrogens with one attached hydrogen (secondary N) is 1. The van der Waals surface area contributed by atoms with Crippen molar-refractivity contribution in [2.75, 3.05) is 11.9 Å². The first-order valence-corrected chi connectivity index (χ1v) is 12.5. The van der Waals surface area contributed by atoms with Gasteiger partial charge < -0.3 is 15.8 Å². The zero-order valence-corrected chi connectivity index (χ0v) is 21.0. The van der Waals surface area contributed by atoms with Crippen molar-refractivity contribution in [3.8, 4) is 11.8 Å². The normalized spacial score (nSPS) is 13.6. The van der Waals surface area contributed by atoms with E-state index in [2.05, 4.69) is 16.5 Å². The smallest absolute Gasteiger partial charge is 0.274 e. The molecule has 1 atom stereocenters. The Labute approximate surface area is 220 Å². The van der Waals surface area contributed by atoms with Crippen molar-refractivity contribution in [2.45, 2.75) is 32.4 Å². The summed E-state index contributed by atoms with van der Waals surface area (Å²) in [4.78, 5) is 13.4. The lowest BCUT2D eigenvalue weighted by Crippen LogP contribution is -2.18. The number of benzene rings is 3. The minimum Gasteiger partial charge on any atom is -0.368 e. The van der Waals surface area contributed by atoms with Crippen molar-refractivity contribution >= 4 is 11.6 Å². The minimum absolute atomic E-state index is 0.0325. The van der Waals surface area contributed by atoms with Gasteiger partial charge in [-0.2, -0.15) is 10.4 Å². The Hall–Kier alpha value is -4.32. The first-order chi connectivity index (χ1) is 18.4. The lowest BCUT2D eigenvalue weighted by molar-refractivity contribution is 0.0718. The molecule has 1 amide bonds. The molecule has 0 bridgehead atoms. The van der Waals surface area contributed by atoms with Crippen molar-refractivity contribution in [2.24, 2.45) is 11.7 Å². The maximum Gasteiger partial charge on any atom is 0.274 e. The average molecular weight is 510 g/mol. The van der Waals surface area contributed by atoms with Crippen molar-refractivity contribution < 1.29 is 13.9 Å². The summed E-state index contributed by atoms with van der Waals surface area (Å²) < 4.78 is 22.7. The molecule has 4 aromatic rings. The summed E-state index contributed by atoms with van der Waals surface area (Å²) in [5, 5.41) is 16.5. The van der Waals surface area contributed by atoms with E-state index in [0.717, 1.165) is 24.0 Å². The van der Waals surface area contributed by atoms with E-state index in [9.17, 15) is 14.4 Å². The fourth-order valence-corrected chi connectivity index (χ4v) is 4.33. The molecule has 0 saturated heterocycles. The number of nitrogens with zero attached hydrogens (tertiary/aromatic N) is 3. The van der Waals surface area contributed by atoms with Crippen LogP contribution in [0.15, 0.2) is 72.8 Å². The maximum absolute atomic E-state index is 14.9. The molecule has 1 heterocycles. The van der Waals surface area contributed by atoms with Crippen LogP contribution in [0.1, 0.15) is 57.4 Å². The van der Waals surface area contributed by atoms with Crippen LogP contribution in [0.5, 0.6) is 0 Å². The van der Waals surface area contributed by atoms with Crippen molar-refractivity contribution in [1.29, 1.82) is 5.26 Å². The summed E-state index contributed by atoms with van der Waals surface area (Å²) in [5.41, 5.74) is 10.3. The van der Waals surface area contributed by atoms with Crippen LogP contribution in [0.4, 0.5) is 10.1 Å². The summed E-state index contributed by atoms with van der Waals surface area (Å²) in [6, 6.07) is 23.0. The molecule has 1 unspecified atom stereocenters. The third-order valence-corrected chi connectivity index (χ3v) is 6.51. The number of hydrogen-bond donors (Lipinski definition) is 2. The van der Waals surface area contributed by atoms with E-state index in [1.807, 2.05) is 30.3 Å². The van der Waals surface area contributed by atoms with Gasteiger partial charge in [0.1, 0.15) is 17.6 Å². The van der Waals surface area contributed by atoms with Gasteiger partial charge in [0, 0.05) is 6.54 Å². The van der Waals surface area contributed by atoms with Gasteiger partial charge in [-0.3, -0.25) is 4.79 Å². The van der Waals surface area contributed by atoms with Crippen molar-refractivity contribution in [3.63, 3.8) is 0 Å². The molecule has 7 nitrogen and oxygen atoms in total. The number of carbonyl (C=O) groups is 1. The molecule has 1 saturated carbocycles. The fraction of sp³-hybridized carbons (Fsp3) is 0.233. The second-order valence-electron chi connectivity index (χ2n) is 9.54. The second-order valence-corrected chi connectivity index (χ2v) is 9.54. The largest absolute Gasteiger partial charge is 0.368 e. The molecule has 38 heavy (non-hydrogen) atoms. The number of aryl methyl sites for hydroxylation is 1. The van der Waals surface area contributed by atoms with Crippen LogP contribution in [0.2, 0.25) is 0 Å². The molecule has 8 heteroatoms. The monoisotopic (exact) mass is 509 g/mol. The van der Waals surface area contributed by atoms with Crippen LogP contribution in [0, 0.1) is 30.0 Å². The summed E-state index contributed by atoms with van der Waals surface area (Å²) >= 11 is 0. The third-order valence-electron chi connectivity index (χ3n) is 6.51. The molecule has 5 rings (SSSR count). The Kier molecular flexibility index (Phi) is 7.31. The molecule has 1 aliphatic carbocycles. The van der Waals surface area contributed by atoms with Gasteiger partial charge in [0.25, 0.3) is 5.91 Å². The van der Waals surface area contributed by atoms with E-state index in [1.165, 1.54) is 10.7 Å². The number of ether oxygens (including phenoxy) is 1. The number of aromatic nitrogens is 2. The van der Waals surface area contributed by atoms with Crippen LogP contribution in [0.25, 0.3) is 5.69 Å². The average Bonchev–Trinajstić information content (AvgIpc) is 3.69. The Bertz CT molecular complexity index is 1520. The van der Waals surface area contributed by atoms with Crippen molar-refractivity contribution in [3.05, 3.63) is 112 Å². The molecule has 0 aliphatic heterocycles. The molecule has 192 valence electrons. The number of rotatable bonds is 9. The predicted octanol–water partition coefficient (Wildman–Crippen LogP) is 5.42. The van der Waals surface area contributed by atoms with Crippen LogP contribution >= 0.6 is 0 Å². The van der Waals surface area contributed by atoms with Crippen LogP contribution in [0.3, 0.4) is 0 Å². The summed E-state index contributed by atoms with van der Waals surface area (Å²) in [7, 11) is 0. The molecule has 0 radical (unpaired) electrons. The van der Waals surface area contributed by atoms with Crippen LogP contribution < -0.4 is 11.1 Å². The van der Waals surface area contributed by atoms with Gasteiger partial charge in [-0.25, -0.2) is 9.07 Å². The van der Waals surface area contributed by atoms with Gasteiger partial charge in [0.2, 0.25) is 0 Å². The lowest BCUT2D eigenvalue weighted by Gasteiger charge is -2.20. The summed E-state index contributed by atoms with van der Waals surface area (Å²) in [6.45, 7) is 2.72. The highest BCUT2D eigenvalue weighted by Crippen LogP contribution is 2.35. The van der Waals surface area contributed by atoms with Crippen LogP contribution in [-0.4, -0.2) is 22.3 Å². The quantitative estimate of drug-likeness (QED) is 0.313. The molecule has 3 N–H and O–H groups in total. The van der Waals surface area contributed by atoms with Gasteiger partial charge in [-0.05, 0) is 84.8 Å². The summed E-state index contributed by atoms with van der Waals surface area (Å²) in [6.07, 6.45) is 1.74. The Balaban J connectivity index is 1.45. The van der Waals surface area contributed by atoms with Gasteiger partial charge >= 0.3 is 0 Å². The number of amides is 1. The Morgan fingerprint density at radius 2 is 1.95 bits per heavy atom. The topological polar surface area (TPSA) is 106 Å². The highest BCUT2D eigenvalue weighted by Gasteiger charge is 2.26. The molecule has 1 fully saturated rings. The minimum atomic E-state index is -0.568. The fourth-order valence-electron chi connectivity index (χ4n) is 4.33. The molecular weight excluding hydrogens is 481 g/mol. The van der Waals surface area contributed by atoms with Gasteiger partial charge in [0.15, 0.2) is 0 Å². The second kappa shape index (κ2) is 11.0. The van der Waals surface area contributed by atoms with E-state index in [-0.39, 0.29) is 11.4 Å². The third kappa shape index (κ3) is 5.65. The van der Waals surface area contributed by atoms with E-state index in [1.54, 1.807) is 43.3 Å². The highest BCUT2D eigenvalue weighted by atomic mass is 19.1. The van der Waals surface area contributed by atoms with Crippen molar-refractivity contribution in [1.82, 2.24) is 9.78 Å².